The molecule has 1 saturated heterocycles. The molecule has 0 spiro atoms. The third-order valence-electron chi connectivity index (χ3n) is 4.28. The Hall–Kier alpha value is -2.73. The fourth-order valence-electron chi connectivity index (χ4n) is 2.81. The van der Waals surface area contributed by atoms with Crippen LogP contribution in [0.4, 0.5) is 5.82 Å². The van der Waals surface area contributed by atoms with E-state index in [9.17, 15) is 0 Å². The van der Waals surface area contributed by atoms with Gasteiger partial charge in [-0.1, -0.05) is 35.0 Å². The van der Waals surface area contributed by atoms with Gasteiger partial charge in [-0.3, -0.25) is 0 Å². The Morgan fingerprint density at radius 3 is 2.68 bits per heavy atom. The molecule has 1 aliphatic rings. The van der Waals surface area contributed by atoms with Gasteiger partial charge in [0.2, 0.25) is 5.82 Å². The second kappa shape index (κ2) is 7.03. The molecule has 0 unspecified atom stereocenters. The first-order valence-corrected chi connectivity index (χ1v) is 8.50. The van der Waals surface area contributed by atoms with Crippen molar-refractivity contribution in [3.05, 3.63) is 48.2 Å². The van der Waals surface area contributed by atoms with E-state index in [4.69, 9.17) is 9.26 Å². The molecule has 2 aromatic heterocycles. The number of hydrogen-bond acceptors (Lipinski definition) is 6. The first-order chi connectivity index (χ1) is 12.3. The summed E-state index contributed by atoms with van der Waals surface area (Å²) in [5, 5.41) is 7.36. The molecule has 1 aromatic carbocycles. The first-order valence-electron chi connectivity index (χ1n) is 8.50. The van der Waals surface area contributed by atoms with Gasteiger partial charge in [-0.2, -0.15) is 4.98 Å². The molecular weight excluding hydrogens is 316 g/mol. The van der Waals surface area contributed by atoms with Crippen molar-refractivity contribution in [2.75, 3.05) is 18.5 Å². The Balaban J connectivity index is 1.44. The molecule has 1 atom stereocenters. The molecule has 6 nitrogen and oxygen atoms in total. The van der Waals surface area contributed by atoms with Crippen molar-refractivity contribution in [3.8, 4) is 22.8 Å². The molecule has 25 heavy (non-hydrogen) atoms. The molecule has 1 aliphatic heterocycles. The maximum absolute atomic E-state index is 5.60. The van der Waals surface area contributed by atoms with Gasteiger partial charge < -0.3 is 14.6 Å². The smallest absolute Gasteiger partial charge is 0.259 e. The number of pyridine rings is 1. The fraction of sp³-hybridized carbons (Fsp3) is 0.316. The monoisotopic (exact) mass is 336 g/mol. The van der Waals surface area contributed by atoms with Crippen molar-refractivity contribution in [2.24, 2.45) is 0 Å². The molecule has 0 aliphatic carbocycles. The largest absolute Gasteiger partial charge is 0.376 e. The van der Waals surface area contributed by atoms with Crippen molar-refractivity contribution in [3.63, 3.8) is 0 Å². The van der Waals surface area contributed by atoms with E-state index >= 15 is 0 Å². The van der Waals surface area contributed by atoms with Gasteiger partial charge in [0, 0.05) is 24.9 Å². The molecule has 0 amide bonds. The molecule has 1 N–H and O–H groups in total. The maximum Gasteiger partial charge on any atom is 0.259 e. The summed E-state index contributed by atoms with van der Waals surface area (Å²) >= 11 is 0. The Kier molecular flexibility index (Phi) is 4.43. The normalized spacial score (nSPS) is 16.9. The average Bonchev–Trinajstić information content (AvgIpc) is 3.33. The summed E-state index contributed by atoms with van der Waals surface area (Å²) in [6, 6.07) is 11.9. The summed E-state index contributed by atoms with van der Waals surface area (Å²) in [4.78, 5) is 8.88. The highest BCUT2D eigenvalue weighted by molar-refractivity contribution is 5.60. The van der Waals surface area contributed by atoms with Crippen LogP contribution in [0, 0.1) is 6.92 Å². The third-order valence-corrected chi connectivity index (χ3v) is 4.28. The molecule has 3 aromatic rings. The van der Waals surface area contributed by atoms with Gasteiger partial charge in [0.05, 0.1) is 11.7 Å². The molecule has 4 rings (SSSR count). The Morgan fingerprint density at radius 2 is 1.96 bits per heavy atom. The summed E-state index contributed by atoms with van der Waals surface area (Å²) < 4.78 is 11.0. The first kappa shape index (κ1) is 15.8. The number of anilines is 1. The van der Waals surface area contributed by atoms with E-state index in [2.05, 4.69) is 20.4 Å². The summed E-state index contributed by atoms with van der Waals surface area (Å²) in [6.45, 7) is 3.69. The Morgan fingerprint density at radius 1 is 1.12 bits per heavy atom. The fourth-order valence-corrected chi connectivity index (χ4v) is 2.81. The van der Waals surface area contributed by atoms with E-state index in [1.165, 1.54) is 5.56 Å². The zero-order chi connectivity index (χ0) is 17.1. The second-order valence-corrected chi connectivity index (χ2v) is 6.24. The van der Waals surface area contributed by atoms with E-state index < -0.39 is 0 Å². The lowest BCUT2D eigenvalue weighted by molar-refractivity contribution is 0.120. The number of nitrogens with one attached hydrogen (secondary N) is 1. The molecule has 0 saturated carbocycles. The average molecular weight is 336 g/mol. The topological polar surface area (TPSA) is 73.1 Å². The van der Waals surface area contributed by atoms with Crippen molar-refractivity contribution in [2.45, 2.75) is 25.9 Å². The van der Waals surface area contributed by atoms with Crippen LogP contribution in [-0.4, -0.2) is 34.4 Å². The standard InChI is InChI=1S/C19H20N4O2/c1-13-4-6-14(7-5-13)18-22-19(25-23-18)15-8-9-17(20-11-15)21-12-16-3-2-10-24-16/h4-9,11,16H,2-3,10,12H2,1H3,(H,20,21)/t16-/m1/s1. The highest BCUT2D eigenvalue weighted by Gasteiger charge is 2.15. The maximum atomic E-state index is 5.60. The minimum absolute atomic E-state index is 0.287. The van der Waals surface area contributed by atoms with Gasteiger partial charge in [0.1, 0.15) is 5.82 Å². The second-order valence-electron chi connectivity index (χ2n) is 6.24. The Bertz CT molecular complexity index is 821. The van der Waals surface area contributed by atoms with Gasteiger partial charge in [0.15, 0.2) is 0 Å². The summed E-state index contributed by atoms with van der Waals surface area (Å²) in [5.74, 6) is 1.86. The van der Waals surface area contributed by atoms with Crippen LogP contribution in [-0.2, 0) is 4.74 Å². The van der Waals surface area contributed by atoms with Crippen LogP contribution in [0.5, 0.6) is 0 Å². The van der Waals surface area contributed by atoms with Crippen LogP contribution in [0.3, 0.4) is 0 Å². The van der Waals surface area contributed by atoms with E-state index in [1.54, 1.807) is 6.20 Å². The van der Waals surface area contributed by atoms with Gasteiger partial charge in [0.25, 0.3) is 5.89 Å². The predicted octanol–water partition coefficient (Wildman–Crippen LogP) is 3.70. The van der Waals surface area contributed by atoms with E-state index in [1.807, 2.05) is 43.3 Å². The van der Waals surface area contributed by atoms with Gasteiger partial charge in [-0.05, 0) is 31.9 Å². The van der Waals surface area contributed by atoms with Crippen molar-refractivity contribution in [1.82, 2.24) is 15.1 Å². The minimum Gasteiger partial charge on any atom is -0.376 e. The van der Waals surface area contributed by atoms with Crippen molar-refractivity contribution < 1.29 is 9.26 Å². The lowest BCUT2D eigenvalue weighted by atomic mass is 10.1. The lowest BCUT2D eigenvalue weighted by Gasteiger charge is -2.11. The Labute approximate surface area is 146 Å². The van der Waals surface area contributed by atoms with Gasteiger partial charge in [-0.25, -0.2) is 4.98 Å². The zero-order valence-corrected chi connectivity index (χ0v) is 14.1. The number of nitrogens with zero attached hydrogens (tertiary/aromatic N) is 3. The van der Waals surface area contributed by atoms with Crippen LogP contribution in [0.2, 0.25) is 0 Å². The van der Waals surface area contributed by atoms with Crippen molar-refractivity contribution in [1.29, 1.82) is 0 Å². The summed E-state index contributed by atoms with van der Waals surface area (Å²) in [5.41, 5.74) is 2.93. The van der Waals surface area contributed by atoms with E-state index in [0.717, 1.165) is 42.9 Å². The molecule has 128 valence electrons. The lowest BCUT2D eigenvalue weighted by Crippen LogP contribution is -2.18. The zero-order valence-electron chi connectivity index (χ0n) is 14.1. The molecule has 1 fully saturated rings. The highest BCUT2D eigenvalue weighted by atomic mass is 16.5. The quantitative estimate of drug-likeness (QED) is 0.766. The number of aromatic nitrogens is 3. The predicted molar refractivity (Wildman–Crippen MR) is 95.2 cm³/mol. The van der Waals surface area contributed by atoms with Crippen LogP contribution in [0.1, 0.15) is 18.4 Å². The summed E-state index contributed by atoms with van der Waals surface area (Å²) in [7, 11) is 0. The molecular formula is C19H20N4O2. The van der Waals surface area contributed by atoms with Crippen LogP contribution >= 0.6 is 0 Å². The third kappa shape index (κ3) is 3.69. The highest BCUT2D eigenvalue weighted by Crippen LogP contribution is 2.23. The number of hydrogen-bond donors (Lipinski definition) is 1. The van der Waals surface area contributed by atoms with E-state index in [0.29, 0.717) is 11.7 Å². The van der Waals surface area contributed by atoms with Crippen molar-refractivity contribution >= 4 is 5.82 Å². The minimum atomic E-state index is 0.287. The number of aryl methyl sites for hydroxylation is 1. The van der Waals surface area contributed by atoms with Gasteiger partial charge >= 0.3 is 0 Å². The van der Waals surface area contributed by atoms with Crippen LogP contribution in [0.15, 0.2) is 47.1 Å². The molecule has 0 bridgehead atoms. The number of rotatable bonds is 5. The molecule has 6 heteroatoms. The van der Waals surface area contributed by atoms with Crippen LogP contribution in [0.25, 0.3) is 22.8 Å². The molecule has 0 radical (unpaired) electrons. The van der Waals surface area contributed by atoms with Gasteiger partial charge in [-0.15, -0.1) is 0 Å². The van der Waals surface area contributed by atoms with Crippen LogP contribution < -0.4 is 5.32 Å². The number of ether oxygens (including phenoxy) is 1. The van der Waals surface area contributed by atoms with E-state index in [-0.39, 0.29) is 6.10 Å². The SMILES string of the molecule is Cc1ccc(-c2noc(-c3ccc(NC[C@H]4CCCO4)nc3)n2)cc1. The molecule has 3 heterocycles. The number of benzene rings is 1. The summed E-state index contributed by atoms with van der Waals surface area (Å²) in [6.07, 6.45) is 4.27.